The Bertz CT molecular complexity index is 527. The second-order valence-electron chi connectivity index (χ2n) is 4.28. The minimum atomic E-state index is -3.51. The van der Waals surface area contributed by atoms with Gasteiger partial charge in [0, 0.05) is 25.3 Å². The van der Waals surface area contributed by atoms with E-state index in [9.17, 15) is 8.42 Å². The minimum Gasteiger partial charge on any atom is -0.399 e. The predicted molar refractivity (Wildman–Crippen MR) is 75.2 cm³/mol. The van der Waals surface area contributed by atoms with Crippen molar-refractivity contribution in [2.75, 3.05) is 42.9 Å². The highest BCUT2D eigenvalue weighted by atomic mass is 32.2. The normalized spacial score (nSPS) is 17.3. The molecule has 2 rings (SSSR count). The smallest absolute Gasteiger partial charge is 0.304 e. The van der Waals surface area contributed by atoms with Crippen LogP contribution in [0.2, 0.25) is 0 Å². The van der Waals surface area contributed by atoms with Crippen LogP contribution in [-0.4, -0.2) is 45.6 Å². The number of hydrogen-bond donors (Lipinski definition) is 1. The summed E-state index contributed by atoms with van der Waals surface area (Å²) in [5, 5.41) is 0. The van der Waals surface area contributed by atoms with Crippen molar-refractivity contribution in [2.24, 2.45) is 0 Å². The molecule has 7 heteroatoms. The van der Waals surface area contributed by atoms with Crippen LogP contribution in [0.25, 0.3) is 0 Å². The van der Waals surface area contributed by atoms with Crippen molar-refractivity contribution in [1.29, 1.82) is 0 Å². The molecule has 0 radical (unpaired) electrons. The lowest BCUT2D eigenvalue weighted by molar-refractivity contribution is 0.0729. The molecular formula is C12H19N3O3S. The molecule has 1 saturated heterocycles. The first-order chi connectivity index (χ1) is 9.05. The van der Waals surface area contributed by atoms with Gasteiger partial charge in [-0.2, -0.15) is 12.7 Å². The van der Waals surface area contributed by atoms with Crippen molar-refractivity contribution >= 4 is 21.6 Å². The molecule has 0 amide bonds. The Balaban J connectivity index is 2.30. The van der Waals surface area contributed by atoms with Crippen molar-refractivity contribution in [1.82, 2.24) is 4.31 Å². The van der Waals surface area contributed by atoms with Gasteiger partial charge in [-0.1, -0.05) is 6.07 Å². The van der Waals surface area contributed by atoms with Crippen LogP contribution in [-0.2, 0) is 14.9 Å². The Morgan fingerprint density at radius 3 is 2.63 bits per heavy atom. The zero-order valence-corrected chi connectivity index (χ0v) is 11.8. The van der Waals surface area contributed by atoms with Crippen LogP contribution in [0.3, 0.4) is 0 Å². The highest BCUT2D eigenvalue weighted by Crippen LogP contribution is 2.22. The number of rotatable bonds is 4. The van der Waals surface area contributed by atoms with Crippen LogP contribution in [0.15, 0.2) is 24.3 Å². The van der Waals surface area contributed by atoms with Crippen LogP contribution in [0, 0.1) is 0 Å². The fourth-order valence-corrected chi connectivity index (χ4v) is 3.67. The summed E-state index contributed by atoms with van der Waals surface area (Å²) >= 11 is 0. The maximum Gasteiger partial charge on any atom is 0.304 e. The minimum absolute atomic E-state index is 0.364. The first-order valence-corrected chi connectivity index (χ1v) is 7.66. The third-order valence-corrected chi connectivity index (χ3v) is 5.06. The van der Waals surface area contributed by atoms with Crippen LogP contribution in [0.1, 0.15) is 6.92 Å². The molecule has 2 N–H and O–H groups in total. The van der Waals surface area contributed by atoms with Gasteiger partial charge in [0.25, 0.3) is 0 Å². The summed E-state index contributed by atoms with van der Waals surface area (Å²) in [4.78, 5) is 0. The fraction of sp³-hybridized carbons (Fsp3) is 0.500. The maximum absolute atomic E-state index is 12.6. The molecule has 106 valence electrons. The van der Waals surface area contributed by atoms with Gasteiger partial charge < -0.3 is 10.5 Å². The molecule has 0 aromatic heterocycles. The van der Waals surface area contributed by atoms with Crippen LogP contribution < -0.4 is 10.0 Å². The molecule has 0 spiro atoms. The lowest BCUT2D eigenvalue weighted by Gasteiger charge is -2.32. The lowest BCUT2D eigenvalue weighted by Crippen LogP contribution is -2.48. The molecule has 1 aromatic carbocycles. The molecular weight excluding hydrogens is 266 g/mol. The molecule has 0 saturated carbocycles. The zero-order chi connectivity index (χ0) is 13.9. The van der Waals surface area contributed by atoms with Gasteiger partial charge in [0.05, 0.1) is 18.9 Å². The number of morpholine rings is 1. The molecule has 0 bridgehead atoms. The maximum atomic E-state index is 12.6. The van der Waals surface area contributed by atoms with Crippen molar-refractivity contribution in [2.45, 2.75) is 6.92 Å². The van der Waals surface area contributed by atoms with Gasteiger partial charge in [-0.05, 0) is 25.1 Å². The monoisotopic (exact) mass is 285 g/mol. The standard InChI is InChI=1S/C12H19N3O3S/c1-2-15(12-5-3-4-11(13)10-12)19(16,17)14-6-8-18-9-7-14/h3-5,10H,2,6-9,13H2,1H3. The van der Waals surface area contributed by atoms with E-state index in [4.69, 9.17) is 10.5 Å². The summed E-state index contributed by atoms with van der Waals surface area (Å²) in [5.41, 5.74) is 6.86. The molecule has 19 heavy (non-hydrogen) atoms. The first kappa shape index (κ1) is 14.1. The highest BCUT2D eigenvalue weighted by Gasteiger charge is 2.30. The first-order valence-electron chi connectivity index (χ1n) is 6.27. The van der Waals surface area contributed by atoms with E-state index >= 15 is 0 Å². The SMILES string of the molecule is CCN(c1cccc(N)c1)S(=O)(=O)N1CCOCC1. The molecule has 1 aromatic rings. The Labute approximate surface area is 113 Å². The molecule has 1 fully saturated rings. The number of hydrogen-bond acceptors (Lipinski definition) is 4. The molecule has 0 unspecified atom stereocenters. The van der Waals surface area contributed by atoms with E-state index in [1.165, 1.54) is 8.61 Å². The average molecular weight is 285 g/mol. The van der Waals surface area contributed by atoms with Gasteiger partial charge in [-0.3, -0.25) is 4.31 Å². The van der Waals surface area contributed by atoms with Gasteiger partial charge in [0.15, 0.2) is 0 Å². The molecule has 1 heterocycles. The summed E-state index contributed by atoms with van der Waals surface area (Å²) in [6.07, 6.45) is 0. The van der Waals surface area contributed by atoms with E-state index in [-0.39, 0.29) is 0 Å². The van der Waals surface area contributed by atoms with Crippen molar-refractivity contribution < 1.29 is 13.2 Å². The Hall–Kier alpha value is -1.31. The number of nitrogens with zero attached hydrogens (tertiary/aromatic N) is 2. The van der Waals surface area contributed by atoms with E-state index in [1.807, 2.05) is 0 Å². The summed E-state index contributed by atoms with van der Waals surface area (Å²) in [7, 11) is -3.51. The lowest BCUT2D eigenvalue weighted by atomic mass is 10.3. The largest absolute Gasteiger partial charge is 0.399 e. The van der Waals surface area contributed by atoms with E-state index < -0.39 is 10.2 Å². The van der Waals surface area contributed by atoms with E-state index in [1.54, 1.807) is 31.2 Å². The molecule has 0 aliphatic carbocycles. The predicted octanol–water partition coefficient (Wildman–Crippen LogP) is 0.672. The van der Waals surface area contributed by atoms with Gasteiger partial charge in [0.1, 0.15) is 0 Å². The van der Waals surface area contributed by atoms with Crippen LogP contribution >= 0.6 is 0 Å². The van der Waals surface area contributed by atoms with Crippen molar-refractivity contribution in [3.63, 3.8) is 0 Å². The fourth-order valence-electron chi connectivity index (χ4n) is 2.08. The molecule has 6 nitrogen and oxygen atoms in total. The van der Waals surface area contributed by atoms with Crippen molar-refractivity contribution in [3.05, 3.63) is 24.3 Å². The molecule has 0 atom stereocenters. The quantitative estimate of drug-likeness (QED) is 0.825. The number of nitrogen functional groups attached to an aromatic ring is 1. The Morgan fingerprint density at radius 1 is 1.37 bits per heavy atom. The van der Waals surface area contributed by atoms with Crippen molar-refractivity contribution in [3.8, 4) is 0 Å². The number of nitrogens with two attached hydrogens (primary N) is 1. The summed E-state index contributed by atoms with van der Waals surface area (Å²) in [6, 6.07) is 6.90. The summed E-state index contributed by atoms with van der Waals surface area (Å²) in [5.74, 6) is 0. The van der Waals surface area contributed by atoms with E-state index in [0.29, 0.717) is 44.2 Å². The number of benzene rings is 1. The summed E-state index contributed by atoms with van der Waals surface area (Å²) in [6.45, 7) is 3.83. The van der Waals surface area contributed by atoms with Gasteiger partial charge in [-0.15, -0.1) is 0 Å². The third-order valence-electron chi connectivity index (χ3n) is 3.02. The Morgan fingerprint density at radius 2 is 2.05 bits per heavy atom. The van der Waals surface area contributed by atoms with Gasteiger partial charge >= 0.3 is 10.2 Å². The van der Waals surface area contributed by atoms with E-state index in [0.717, 1.165) is 0 Å². The van der Waals surface area contributed by atoms with Crippen LogP contribution in [0.5, 0.6) is 0 Å². The zero-order valence-electron chi connectivity index (χ0n) is 10.9. The highest BCUT2D eigenvalue weighted by molar-refractivity contribution is 7.90. The summed E-state index contributed by atoms with van der Waals surface area (Å²) < 4.78 is 33.2. The average Bonchev–Trinajstić information content (AvgIpc) is 2.40. The van der Waals surface area contributed by atoms with Gasteiger partial charge in [0.2, 0.25) is 0 Å². The topological polar surface area (TPSA) is 75.9 Å². The number of anilines is 2. The molecule has 1 aliphatic rings. The van der Waals surface area contributed by atoms with E-state index in [2.05, 4.69) is 0 Å². The molecule has 1 aliphatic heterocycles. The van der Waals surface area contributed by atoms with Crippen LogP contribution in [0.4, 0.5) is 11.4 Å². The second kappa shape index (κ2) is 5.77. The second-order valence-corrected chi connectivity index (χ2v) is 6.13. The number of ether oxygens (including phenoxy) is 1. The third kappa shape index (κ3) is 2.99. The Kier molecular flexibility index (Phi) is 4.28. The van der Waals surface area contributed by atoms with Gasteiger partial charge in [-0.25, -0.2) is 0 Å².